The van der Waals surface area contributed by atoms with E-state index < -0.39 is 22.8 Å². The lowest BCUT2D eigenvalue weighted by molar-refractivity contribution is -0.137. The molecule has 0 N–H and O–H groups in total. The molecule has 0 aromatic heterocycles. The molecule has 9 rings (SSSR count). The maximum absolute atomic E-state index is 14.0. The van der Waals surface area contributed by atoms with Crippen molar-refractivity contribution in [1.82, 2.24) is 0 Å². The van der Waals surface area contributed by atoms with Crippen LogP contribution in [0.3, 0.4) is 0 Å². The molecule has 0 radical (unpaired) electrons. The third-order valence-electron chi connectivity index (χ3n) is 10.4. The second kappa shape index (κ2) is 12.2. The molecule has 0 spiro atoms. The maximum Gasteiger partial charge on any atom is 0.416 e. The van der Waals surface area contributed by atoms with Gasteiger partial charge in [-0.3, -0.25) is 0 Å². The summed E-state index contributed by atoms with van der Waals surface area (Å²) in [4.78, 5) is 0. The number of alkyl halides is 3. The van der Waals surface area contributed by atoms with Gasteiger partial charge in [0, 0.05) is 27.5 Å². The van der Waals surface area contributed by atoms with Crippen LogP contribution in [0.4, 0.5) is 13.2 Å². The first-order chi connectivity index (χ1) is 25.6. The molecular formula is C47H33F3O3. The lowest BCUT2D eigenvalue weighted by Gasteiger charge is -2.38. The summed E-state index contributed by atoms with van der Waals surface area (Å²) in [5, 5.41) is 1.81. The molecule has 0 saturated carbocycles. The van der Waals surface area contributed by atoms with Crippen molar-refractivity contribution in [2.75, 3.05) is 0 Å². The zero-order valence-electron chi connectivity index (χ0n) is 28.9. The van der Waals surface area contributed by atoms with Crippen molar-refractivity contribution < 1.29 is 27.4 Å². The molecule has 0 bridgehead atoms. The number of benzene rings is 7. The standard InChI is InChI=1S/C47H33F3O3/c1-45(2)41-29-32(47(48,49)50)21-26-39(41)42-37-15-9-10-16-38(37)44-40(43(42)45)27-28-46(53-44,30-17-22-35(23-18-30)51-33-11-5-3-6-12-33)31-19-24-36(25-20-31)52-34-13-7-4-8-14-34/h3-29H,1-2H3. The van der Waals surface area contributed by atoms with Gasteiger partial charge in [0.2, 0.25) is 0 Å². The van der Waals surface area contributed by atoms with Crippen molar-refractivity contribution in [2.45, 2.75) is 31.0 Å². The zero-order chi connectivity index (χ0) is 36.4. The molecule has 7 aromatic rings. The summed E-state index contributed by atoms with van der Waals surface area (Å²) in [6.07, 6.45) is -0.302. The van der Waals surface area contributed by atoms with Crippen LogP contribution in [0, 0.1) is 0 Å². The van der Waals surface area contributed by atoms with E-state index in [4.69, 9.17) is 14.2 Å². The predicted molar refractivity (Wildman–Crippen MR) is 203 cm³/mol. The van der Waals surface area contributed by atoms with Gasteiger partial charge >= 0.3 is 6.18 Å². The van der Waals surface area contributed by atoms with Crippen molar-refractivity contribution >= 4 is 16.8 Å². The molecule has 0 saturated heterocycles. The Morgan fingerprint density at radius 2 is 1.08 bits per heavy atom. The molecule has 1 aliphatic carbocycles. The maximum atomic E-state index is 14.0. The summed E-state index contributed by atoms with van der Waals surface area (Å²) >= 11 is 0. The highest BCUT2D eigenvalue weighted by molar-refractivity contribution is 6.08. The molecule has 2 aliphatic rings. The number of para-hydroxylation sites is 2. The quantitative estimate of drug-likeness (QED) is 0.173. The Hall–Kier alpha value is -6.27. The molecular weight excluding hydrogens is 670 g/mol. The first-order valence-corrected chi connectivity index (χ1v) is 17.5. The topological polar surface area (TPSA) is 27.7 Å². The van der Waals surface area contributed by atoms with Gasteiger partial charge in [0.15, 0.2) is 5.60 Å². The minimum absolute atomic E-state index is 0.647. The number of rotatable bonds is 6. The lowest BCUT2D eigenvalue weighted by Crippen LogP contribution is -2.35. The second-order valence-electron chi connectivity index (χ2n) is 14.0. The van der Waals surface area contributed by atoms with Crippen LogP contribution in [-0.4, -0.2) is 0 Å². The summed E-state index contributed by atoms with van der Waals surface area (Å²) in [7, 11) is 0. The Kier molecular flexibility index (Phi) is 7.49. The molecule has 0 amide bonds. The highest BCUT2D eigenvalue weighted by atomic mass is 19.4. The molecule has 260 valence electrons. The van der Waals surface area contributed by atoms with Gasteiger partial charge in [0.25, 0.3) is 0 Å². The zero-order valence-corrected chi connectivity index (χ0v) is 28.9. The van der Waals surface area contributed by atoms with E-state index in [9.17, 15) is 13.2 Å². The SMILES string of the molecule is CC1(C)c2cc(C(F)(F)F)ccc2-c2c1c1c(c3ccccc23)OC(c2ccc(Oc3ccccc3)cc2)(c2ccc(Oc3ccccc3)cc2)C=C1. The predicted octanol–water partition coefficient (Wildman–Crippen LogP) is 13.1. The largest absolute Gasteiger partial charge is 0.472 e. The molecule has 1 aliphatic heterocycles. The number of ether oxygens (including phenoxy) is 3. The van der Waals surface area contributed by atoms with Crippen molar-refractivity contribution in [3.63, 3.8) is 0 Å². The summed E-state index contributed by atoms with van der Waals surface area (Å²) in [6, 6.07) is 47.1. The van der Waals surface area contributed by atoms with Gasteiger partial charge in [-0.2, -0.15) is 13.2 Å². The number of halogens is 3. The summed E-state index contributed by atoms with van der Waals surface area (Å²) < 4.78 is 61.6. The van der Waals surface area contributed by atoms with Crippen LogP contribution in [0.25, 0.3) is 28.0 Å². The van der Waals surface area contributed by atoms with E-state index in [-0.39, 0.29) is 0 Å². The Labute approximate surface area is 305 Å². The highest BCUT2D eigenvalue weighted by Gasteiger charge is 2.45. The summed E-state index contributed by atoms with van der Waals surface area (Å²) in [5.41, 5.74) is 3.50. The minimum Gasteiger partial charge on any atom is -0.472 e. The number of hydrogen-bond acceptors (Lipinski definition) is 3. The van der Waals surface area contributed by atoms with E-state index in [0.717, 1.165) is 55.7 Å². The molecule has 0 fully saturated rings. The van der Waals surface area contributed by atoms with E-state index in [0.29, 0.717) is 22.8 Å². The van der Waals surface area contributed by atoms with Gasteiger partial charge < -0.3 is 14.2 Å². The van der Waals surface area contributed by atoms with Crippen molar-refractivity contribution in [1.29, 1.82) is 0 Å². The molecule has 53 heavy (non-hydrogen) atoms. The summed E-state index contributed by atoms with van der Waals surface area (Å²) in [6.45, 7) is 4.00. The van der Waals surface area contributed by atoms with Crippen LogP contribution in [0.5, 0.6) is 28.7 Å². The number of fused-ring (bicyclic) bond motifs is 8. The van der Waals surface area contributed by atoms with Gasteiger partial charge in [-0.1, -0.05) is 111 Å². The van der Waals surface area contributed by atoms with Gasteiger partial charge in [-0.05, 0) is 94.4 Å². The molecule has 7 aromatic carbocycles. The Morgan fingerprint density at radius 3 is 1.62 bits per heavy atom. The van der Waals surface area contributed by atoms with Crippen molar-refractivity contribution in [3.8, 4) is 39.9 Å². The van der Waals surface area contributed by atoms with E-state index in [1.54, 1.807) is 6.07 Å². The van der Waals surface area contributed by atoms with E-state index in [2.05, 4.69) is 12.2 Å². The Balaban J connectivity index is 1.20. The first kappa shape index (κ1) is 32.6. The fourth-order valence-corrected chi connectivity index (χ4v) is 7.88. The van der Waals surface area contributed by atoms with Gasteiger partial charge in [-0.15, -0.1) is 0 Å². The van der Waals surface area contributed by atoms with Crippen LogP contribution >= 0.6 is 0 Å². The van der Waals surface area contributed by atoms with Crippen LogP contribution in [-0.2, 0) is 17.2 Å². The third-order valence-corrected chi connectivity index (χ3v) is 10.4. The van der Waals surface area contributed by atoms with Gasteiger partial charge in [-0.25, -0.2) is 0 Å². The third kappa shape index (κ3) is 5.45. The highest BCUT2D eigenvalue weighted by Crippen LogP contribution is 2.58. The fraction of sp³-hybridized carbons (Fsp3) is 0.106. The van der Waals surface area contributed by atoms with Crippen LogP contribution < -0.4 is 14.2 Å². The Bertz CT molecular complexity index is 2430. The molecule has 0 atom stereocenters. The molecule has 6 heteroatoms. The monoisotopic (exact) mass is 702 g/mol. The normalized spacial score (nSPS) is 14.9. The lowest BCUT2D eigenvalue weighted by atomic mass is 9.76. The minimum atomic E-state index is -4.45. The molecule has 3 nitrogen and oxygen atoms in total. The molecule has 0 unspecified atom stereocenters. The van der Waals surface area contributed by atoms with Crippen LogP contribution in [0.2, 0.25) is 0 Å². The first-order valence-electron chi connectivity index (χ1n) is 17.5. The average Bonchev–Trinajstić information content (AvgIpc) is 3.42. The van der Waals surface area contributed by atoms with E-state index >= 15 is 0 Å². The smallest absolute Gasteiger partial charge is 0.416 e. The van der Waals surface area contributed by atoms with Crippen molar-refractivity contribution in [2.24, 2.45) is 0 Å². The fourth-order valence-electron chi connectivity index (χ4n) is 7.88. The van der Waals surface area contributed by atoms with Crippen molar-refractivity contribution in [3.05, 3.63) is 191 Å². The summed E-state index contributed by atoms with van der Waals surface area (Å²) in [5.74, 6) is 3.51. The van der Waals surface area contributed by atoms with E-state index in [1.807, 2.05) is 147 Å². The molecule has 1 heterocycles. The van der Waals surface area contributed by atoms with Crippen LogP contribution in [0.1, 0.15) is 47.2 Å². The average molecular weight is 703 g/mol. The van der Waals surface area contributed by atoms with Gasteiger partial charge in [0.05, 0.1) is 5.56 Å². The Morgan fingerprint density at radius 1 is 0.566 bits per heavy atom. The van der Waals surface area contributed by atoms with E-state index in [1.165, 1.54) is 12.1 Å². The van der Waals surface area contributed by atoms with Crippen LogP contribution in [0.15, 0.2) is 158 Å². The van der Waals surface area contributed by atoms with Gasteiger partial charge in [0.1, 0.15) is 28.7 Å². The number of hydrogen-bond donors (Lipinski definition) is 0. The second-order valence-corrected chi connectivity index (χ2v) is 14.0.